The minimum Gasteiger partial charge on any atom is -0.481 e. The molecule has 0 saturated heterocycles. The summed E-state index contributed by atoms with van der Waals surface area (Å²) in [4.78, 5) is 12.8. The van der Waals surface area contributed by atoms with E-state index in [9.17, 15) is 4.79 Å². The molecule has 3 heteroatoms. The fourth-order valence-corrected chi connectivity index (χ4v) is 3.09. The Labute approximate surface area is 157 Å². The van der Waals surface area contributed by atoms with Crippen molar-refractivity contribution in [2.24, 2.45) is 5.92 Å². The summed E-state index contributed by atoms with van der Waals surface area (Å²) < 4.78 is 6.00. The molecule has 2 aromatic rings. The summed E-state index contributed by atoms with van der Waals surface area (Å²) >= 11 is 0. The number of nitrogens with one attached hydrogen (secondary N) is 1. The number of hydrogen-bond donors (Lipinski definition) is 1. The van der Waals surface area contributed by atoms with Gasteiger partial charge in [0.2, 0.25) is 0 Å². The zero-order valence-electron chi connectivity index (χ0n) is 16.8. The predicted molar refractivity (Wildman–Crippen MR) is 108 cm³/mol. The van der Waals surface area contributed by atoms with Gasteiger partial charge in [-0.2, -0.15) is 0 Å². The van der Waals surface area contributed by atoms with E-state index in [-0.39, 0.29) is 11.9 Å². The van der Waals surface area contributed by atoms with Crippen LogP contribution in [0.2, 0.25) is 0 Å². The van der Waals surface area contributed by atoms with Crippen LogP contribution in [0.1, 0.15) is 55.5 Å². The Morgan fingerprint density at radius 3 is 2.31 bits per heavy atom. The minimum atomic E-state index is -0.548. The molecular formula is C23H31NO2. The van der Waals surface area contributed by atoms with Gasteiger partial charge < -0.3 is 10.1 Å². The maximum Gasteiger partial charge on any atom is 0.261 e. The van der Waals surface area contributed by atoms with E-state index >= 15 is 0 Å². The lowest BCUT2D eigenvalue weighted by atomic mass is 9.97. The maximum atomic E-state index is 12.8. The first-order chi connectivity index (χ1) is 12.3. The molecule has 0 unspecified atom stereocenters. The maximum absolute atomic E-state index is 12.8. The van der Waals surface area contributed by atoms with Gasteiger partial charge >= 0.3 is 0 Å². The molecule has 1 N–H and O–H groups in total. The number of carbonyl (C=O) groups excluding carboxylic acids is 1. The lowest BCUT2D eigenvalue weighted by molar-refractivity contribution is -0.128. The van der Waals surface area contributed by atoms with Crippen molar-refractivity contribution in [3.05, 3.63) is 64.7 Å². The summed E-state index contributed by atoms with van der Waals surface area (Å²) in [6.07, 6.45) is 0.346. The van der Waals surface area contributed by atoms with Crippen molar-refractivity contribution in [2.75, 3.05) is 0 Å². The molecule has 0 aliphatic carbocycles. The van der Waals surface area contributed by atoms with Gasteiger partial charge in [-0.1, -0.05) is 50.2 Å². The van der Waals surface area contributed by atoms with Crippen molar-refractivity contribution < 1.29 is 9.53 Å². The Morgan fingerprint density at radius 1 is 1.04 bits per heavy atom. The molecule has 2 atom stereocenters. The summed E-state index contributed by atoms with van der Waals surface area (Å²) in [5.74, 6) is 1.18. The van der Waals surface area contributed by atoms with Gasteiger partial charge in [-0.3, -0.25) is 4.79 Å². The zero-order chi connectivity index (χ0) is 19.3. The highest BCUT2D eigenvalue weighted by Crippen LogP contribution is 2.25. The molecule has 0 saturated carbocycles. The number of carbonyl (C=O) groups is 1. The van der Waals surface area contributed by atoms with Gasteiger partial charge in [-0.15, -0.1) is 0 Å². The Hall–Kier alpha value is -2.29. The molecule has 0 aliphatic rings. The van der Waals surface area contributed by atoms with Crippen LogP contribution in [-0.2, 0) is 4.79 Å². The van der Waals surface area contributed by atoms with Crippen LogP contribution in [0.5, 0.6) is 5.75 Å². The molecule has 2 aromatic carbocycles. The van der Waals surface area contributed by atoms with Crippen LogP contribution in [0.15, 0.2) is 42.5 Å². The molecule has 0 bridgehead atoms. The predicted octanol–water partition coefficient (Wildman–Crippen LogP) is 5.28. The minimum absolute atomic E-state index is 0.00454. The van der Waals surface area contributed by atoms with Gasteiger partial charge in [0.25, 0.3) is 5.91 Å². The largest absolute Gasteiger partial charge is 0.481 e. The van der Waals surface area contributed by atoms with Gasteiger partial charge in [-0.05, 0) is 68.4 Å². The fourth-order valence-electron chi connectivity index (χ4n) is 3.09. The number of aryl methyl sites for hydroxylation is 2. The fraction of sp³-hybridized carbons (Fsp3) is 0.435. The molecule has 3 nitrogen and oxygen atoms in total. The summed E-state index contributed by atoms with van der Waals surface area (Å²) in [6, 6.07) is 14.2. The highest BCUT2D eigenvalue weighted by atomic mass is 16.5. The van der Waals surface area contributed by atoms with Crippen molar-refractivity contribution in [3.8, 4) is 5.75 Å². The summed E-state index contributed by atoms with van der Waals surface area (Å²) in [7, 11) is 0. The standard InChI is InChI=1S/C23H31NO2/c1-15(2)12-21(20-10-8-7-9-11-20)24-23(25)19(6)26-22-14-16(3)13-17(4)18(22)5/h7-11,13-15,19,21H,12H2,1-6H3,(H,24,25)/t19-,21-/m1/s1. The summed E-state index contributed by atoms with van der Waals surface area (Å²) in [5, 5.41) is 3.17. The molecule has 26 heavy (non-hydrogen) atoms. The van der Waals surface area contributed by atoms with Gasteiger partial charge in [0.05, 0.1) is 6.04 Å². The Kier molecular flexibility index (Phi) is 6.84. The SMILES string of the molecule is Cc1cc(C)c(C)c(O[C@H](C)C(=O)N[C@H](CC(C)C)c2ccccc2)c1. The van der Waals surface area contributed by atoms with Crippen LogP contribution in [0.25, 0.3) is 0 Å². The topological polar surface area (TPSA) is 38.3 Å². The van der Waals surface area contributed by atoms with E-state index in [1.54, 1.807) is 0 Å². The normalized spacial score (nSPS) is 13.3. The summed E-state index contributed by atoms with van der Waals surface area (Å²) in [6.45, 7) is 12.3. The monoisotopic (exact) mass is 353 g/mol. The van der Waals surface area contributed by atoms with Gasteiger partial charge in [0, 0.05) is 0 Å². The third kappa shape index (κ3) is 5.35. The molecule has 0 spiro atoms. The first kappa shape index (κ1) is 20.0. The quantitative estimate of drug-likeness (QED) is 0.735. The van der Waals surface area contributed by atoms with Crippen molar-refractivity contribution in [2.45, 2.75) is 60.1 Å². The molecule has 140 valence electrons. The van der Waals surface area contributed by atoms with E-state index in [4.69, 9.17) is 4.74 Å². The van der Waals surface area contributed by atoms with Crippen molar-refractivity contribution in [1.29, 1.82) is 0 Å². The first-order valence-corrected chi connectivity index (χ1v) is 9.37. The number of benzene rings is 2. The van der Waals surface area contributed by atoms with E-state index < -0.39 is 6.10 Å². The first-order valence-electron chi connectivity index (χ1n) is 9.37. The number of ether oxygens (including phenoxy) is 1. The second-order valence-electron chi connectivity index (χ2n) is 7.57. The third-order valence-electron chi connectivity index (χ3n) is 4.66. The summed E-state index contributed by atoms with van der Waals surface area (Å²) in [5.41, 5.74) is 4.52. The molecule has 0 aliphatic heterocycles. The van der Waals surface area contributed by atoms with Gasteiger partial charge in [-0.25, -0.2) is 0 Å². The molecule has 0 radical (unpaired) electrons. The molecular weight excluding hydrogens is 322 g/mol. The second kappa shape index (κ2) is 8.88. The van der Waals surface area contributed by atoms with Crippen LogP contribution < -0.4 is 10.1 Å². The highest BCUT2D eigenvalue weighted by Gasteiger charge is 2.21. The van der Waals surface area contributed by atoms with E-state index in [2.05, 4.69) is 44.3 Å². The Bertz CT molecular complexity index is 737. The zero-order valence-corrected chi connectivity index (χ0v) is 16.8. The number of amides is 1. The van der Waals surface area contributed by atoms with E-state index in [1.165, 1.54) is 5.56 Å². The average molecular weight is 354 g/mol. The Morgan fingerprint density at radius 2 is 1.69 bits per heavy atom. The second-order valence-corrected chi connectivity index (χ2v) is 7.57. The molecule has 2 rings (SSSR count). The van der Waals surface area contributed by atoms with Crippen molar-refractivity contribution >= 4 is 5.91 Å². The molecule has 0 heterocycles. The number of hydrogen-bond acceptors (Lipinski definition) is 2. The molecule has 1 amide bonds. The van der Waals surface area contributed by atoms with E-state index in [0.29, 0.717) is 5.92 Å². The van der Waals surface area contributed by atoms with Crippen LogP contribution in [-0.4, -0.2) is 12.0 Å². The van der Waals surface area contributed by atoms with E-state index in [1.807, 2.05) is 45.0 Å². The number of rotatable bonds is 7. The van der Waals surface area contributed by atoms with Gasteiger partial charge in [0.1, 0.15) is 5.75 Å². The highest BCUT2D eigenvalue weighted by molar-refractivity contribution is 5.81. The third-order valence-corrected chi connectivity index (χ3v) is 4.66. The van der Waals surface area contributed by atoms with E-state index in [0.717, 1.165) is 28.9 Å². The van der Waals surface area contributed by atoms with Crippen molar-refractivity contribution in [1.82, 2.24) is 5.32 Å². The lowest BCUT2D eigenvalue weighted by Gasteiger charge is -2.24. The Balaban J connectivity index is 2.11. The average Bonchev–Trinajstić information content (AvgIpc) is 2.58. The van der Waals surface area contributed by atoms with Crippen LogP contribution in [0.3, 0.4) is 0 Å². The van der Waals surface area contributed by atoms with Gasteiger partial charge in [0.15, 0.2) is 6.10 Å². The van der Waals surface area contributed by atoms with Crippen LogP contribution >= 0.6 is 0 Å². The molecule has 0 fully saturated rings. The smallest absolute Gasteiger partial charge is 0.261 e. The van der Waals surface area contributed by atoms with Crippen molar-refractivity contribution in [3.63, 3.8) is 0 Å². The van der Waals surface area contributed by atoms with Crippen LogP contribution in [0, 0.1) is 26.7 Å². The lowest BCUT2D eigenvalue weighted by Crippen LogP contribution is -2.39. The van der Waals surface area contributed by atoms with Crippen LogP contribution in [0.4, 0.5) is 0 Å². The molecule has 0 aromatic heterocycles.